The Morgan fingerprint density at radius 1 is 1.31 bits per heavy atom. The van der Waals surface area contributed by atoms with Crippen LogP contribution in [-0.4, -0.2) is 25.2 Å². The smallest absolute Gasteiger partial charge is 0.348 e. The standard InChI is InChI=1S/C5H5N3O5/c6-1-2-3(13-5(1)10)4(9)8(12)7(2)11/h10-12H,6H2. The molecule has 2 aromatic rings. The van der Waals surface area contributed by atoms with E-state index in [0.29, 0.717) is 0 Å². The van der Waals surface area contributed by atoms with Gasteiger partial charge < -0.3 is 25.7 Å². The van der Waals surface area contributed by atoms with Crippen molar-refractivity contribution in [3.8, 4) is 5.95 Å². The molecule has 8 heteroatoms. The lowest BCUT2D eigenvalue weighted by Crippen LogP contribution is -2.18. The SMILES string of the molecule is Nc1c(O)oc2c(=O)n(O)n(O)c12. The first kappa shape index (κ1) is 7.40. The third-order valence-electron chi connectivity index (χ3n) is 1.65. The van der Waals surface area contributed by atoms with Gasteiger partial charge in [0.2, 0.25) is 5.58 Å². The van der Waals surface area contributed by atoms with Crippen molar-refractivity contribution in [3.63, 3.8) is 0 Å². The third-order valence-corrected chi connectivity index (χ3v) is 1.65. The number of nitrogens with zero attached hydrogens (tertiary/aromatic N) is 2. The predicted octanol–water partition coefficient (Wildman–Crippen LogP) is -0.842. The zero-order valence-electron chi connectivity index (χ0n) is 6.13. The van der Waals surface area contributed by atoms with Crippen molar-refractivity contribution in [3.05, 3.63) is 10.4 Å². The van der Waals surface area contributed by atoms with Gasteiger partial charge in [0.15, 0.2) is 5.52 Å². The Morgan fingerprint density at radius 2 is 1.92 bits per heavy atom. The highest BCUT2D eigenvalue weighted by Crippen LogP contribution is 2.30. The first-order valence-electron chi connectivity index (χ1n) is 3.17. The van der Waals surface area contributed by atoms with Crippen LogP contribution in [0, 0.1) is 0 Å². The Kier molecular flexibility index (Phi) is 1.09. The summed E-state index contributed by atoms with van der Waals surface area (Å²) in [5.41, 5.74) is 3.22. The van der Waals surface area contributed by atoms with Crippen LogP contribution in [0.3, 0.4) is 0 Å². The predicted molar refractivity (Wildman–Crippen MR) is 38.9 cm³/mol. The van der Waals surface area contributed by atoms with Gasteiger partial charge in [0.25, 0.3) is 0 Å². The minimum Gasteiger partial charge on any atom is -0.479 e. The van der Waals surface area contributed by atoms with Crippen molar-refractivity contribution in [2.45, 2.75) is 0 Å². The minimum atomic E-state index is -1.01. The van der Waals surface area contributed by atoms with E-state index in [9.17, 15) is 4.79 Å². The fourth-order valence-corrected chi connectivity index (χ4v) is 1.04. The monoisotopic (exact) mass is 187 g/mol. The zero-order chi connectivity index (χ0) is 9.75. The highest BCUT2D eigenvalue weighted by Gasteiger charge is 2.22. The van der Waals surface area contributed by atoms with Crippen LogP contribution in [0.5, 0.6) is 5.95 Å². The molecule has 2 rings (SSSR count). The average molecular weight is 187 g/mol. The van der Waals surface area contributed by atoms with Crippen LogP contribution in [0.4, 0.5) is 5.69 Å². The first-order valence-corrected chi connectivity index (χ1v) is 3.17. The van der Waals surface area contributed by atoms with Crippen LogP contribution < -0.4 is 11.3 Å². The molecule has 70 valence electrons. The van der Waals surface area contributed by atoms with Gasteiger partial charge in [0, 0.05) is 0 Å². The van der Waals surface area contributed by atoms with E-state index < -0.39 is 17.1 Å². The molecule has 8 nitrogen and oxygen atoms in total. The molecule has 2 aromatic heterocycles. The molecule has 5 N–H and O–H groups in total. The lowest BCUT2D eigenvalue weighted by Gasteiger charge is -1.95. The minimum absolute atomic E-state index is 0.0796. The topological polar surface area (TPSA) is 127 Å². The fraction of sp³-hybridized carbons (Fsp3) is 0. The largest absolute Gasteiger partial charge is 0.479 e. The van der Waals surface area contributed by atoms with E-state index >= 15 is 0 Å². The van der Waals surface area contributed by atoms with E-state index in [1.165, 1.54) is 0 Å². The highest BCUT2D eigenvalue weighted by atomic mass is 16.6. The van der Waals surface area contributed by atoms with Crippen molar-refractivity contribution in [1.82, 2.24) is 9.69 Å². The number of rotatable bonds is 0. The van der Waals surface area contributed by atoms with Gasteiger partial charge in [0.05, 0.1) is 0 Å². The lowest BCUT2D eigenvalue weighted by molar-refractivity contribution is -0.00834. The number of hydrogen-bond acceptors (Lipinski definition) is 6. The molecule has 0 aliphatic carbocycles. The third kappa shape index (κ3) is 0.662. The molecule has 0 saturated heterocycles. The lowest BCUT2D eigenvalue weighted by atomic mass is 10.4. The Bertz CT molecular complexity index is 532. The molecule has 0 unspecified atom stereocenters. The molecule has 0 aliphatic rings. The number of furan rings is 1. The summed E-state index contributed by atoms with van der Waals surface area (Å²) >= 11 is 0. The number of fused-ring (bicyclic) bond motifs is 1. The van der Waals surface area contributed by atoms with Gasteiger partial charge in [-0.15, -0.1) is 0 Å². The second-order valence-electron chi connectivity index (χ2n) is 2.38. The van der Waals surface area contributed by atoms with Gasteiger partial charge in [0.1, 0.15) is 5.69 Å². The van der Waals surface area contributed by atoms with Gasteiger partial charge in [-0.1, -0.05) is 4.85 Å². The van der Waals surface area contributed by atoms with E-state index in [2.05, 4.69) is 4.42 Å². The van der Waals surface area contributed by atoms with Crippen LogP contribution in [0.2, 0.25) is 0 Å². The molecule has 0 aromatic carbocycles. The Morgan fingerprint density at radius 3 is 2.46 bits per heavy atom. The number of anilines is 1. The summed E-state index contributed by atoms with van der Waals surface area (Å²) in [7, 11) is 0. The van der Waals surface area contributed by atoms with Crippen molar-refractivity contribution in [2.75, 3.05) is 5.73 Å². The molecule has 0 radical (unpaired) electrons. The Labute approximate surface area is 69.5 Å². The molecular weight excluding hydrogens is 182 g/mol. The molecule has 13 heavy (non-hydrogen) atoms. The van der Waals surface area contributed by atoms with Gasteiger partial charge in [-0.2, -0.15) is 0 Å². The first-order chi connectivity index (χ1) is 6.04. The van der Waals surface area contributed by atoms with Crippen LogP contribution in [0.25, 0.3) is 11.1 Å². The summed E-state index contributed by atoms with van der Waals surface area (Å²) in [5.74, 6) is -0.675. The number of hydrogen-bond donors (Lipinski definition) is 4. The molecule has 0 atom stereocenters. The Hall–Kier alpha value is -2.25. The summed E-state index contributed by atoms with van der Waals surface area (Å²) in [6, 6.07) is 0. The summed E-state index contributed by atoms with van der Waals surface area (Å²) in [5, 5.41) is 26.8. The molecule has 0 amide bonds. The molecule has 2 heterocycles. The normalized spacial score (nSPS) is 11.1. The van der Waals surface area contributed by atoms with Crippen LogP contribution in [0.15, 0.2) is 9.21 Å². The van der Waals surface area contributed by atoms with E-state index in [4.69, 9.17) is 21.3 Å². The van der Waals surface area contributed by atoms with E-state index in [0.717, 1.165) is 0 Å². The maximum absolute atomic E-state index is 11.0. The van der Waals surface area contributed by atoms with Crippen molar-refractivity contribution < 1.29 is 19.9 Å². The van der Waals surface area contributed by atoms with Crippen LogP contribution in [-0.2, 0) is 0 Å². The summed E-state index contributed by atoms with van der Waals surface area (Å²) in [6.45, 7) is 0. The molecular formula is C5H5N3O5. The highest BCUT2D eigenvalue weighted by molar-refractivity contribution is 5.88. The number of nitrogens with two attached hydrogens (primary N) is 1. The summed E-state index contributed by atoms with van der Waals surface area (Å²) < 4.78 is 4.49. The van der Waals surface area contributed by atoms with E-state index in [-0.39, 0.29) is 20.9 Å². The fourth-order valence-electron chi connectivity index (χ4n) is 1.04. The maximum Gasteiger partial charge on any atom is 0.348 e. The Balaban J connectivity index is 3.10. The number of nitrogen functional groups attached to an aromatic ring is 1. The summed E-state index contributed by atoms with van der Waals surface area (Å²) in [6.07, 6.45) is 0. The molecule has 0 fully saturated rings. The maximum atomic E-state index is 11.0. The van der Waals surface area contributed by atoms with Crippen molar-refractivity contribution >= 4 is 16.8 Å². The summed E-state index contributed by atoms with van der Waals surface area (Å²) in [4.78, 5) is 11.0. The number of aromatic hydroxyl groups is 1. The van der Waals surface area contributed by atoms with Crippen LogP contribution in [0.1, 0.15) is 0 Å². The molecule has 0 aliphatic heterocycles. The molecule has 0 bridgehead atoms. The van der Waals surface area contributed by atoms with E-state index in [1.54, 1.807) is 0 Å². The van der Waals surface area contributed by atoms with Gasteiger partial charge in [-0.3, -0.25) is 4.79 Å². The van der Waals surface area contributed by atoms with Gasteiger partial charge >= 0.3 is 11.5 Å². The molecule has 0 spiro atoms. The van der Waals surface area contributed by atoms with Crippen molar-refractivity contribution in [1.29, 1.82) is 0 Å². The average Bonchev–Trinajstić information content (AvgIpc) is 2.48. The second-order valence-corrected chi connectivity index (χ2v) is 2.38. The number of aromatic nitrogens is 2. The van der Waals surface area contributed by atoms with Crippen molar-refractivity contribution in [2.24, 2.45) is 0 Å². The van der Waals surface area contributed by atoms with Gasteiger partial charge in [-0.05, 0) is 4.85 Å². The quantitative estimate of drug-likeness (QED) is 0.398. The van der Waals surface area contributed by atoms with Crippen LogP contribution >= 0.6 is 0 Å². The zero-order valence-corrected chi connectivity index (χ0v) is 6.13. The van der Waals surface area contributed by atoms with Gasteiger partial charge in [-0.25, -0.2) is 0 Å². The van der Waals surface area contributed by atoms with E-state index in [1.807, 2.05) is 0 Å². The second kappa shape index (κ2) is 1.91. The molecule has 0 saturated carbocycles.